The summed E-state index contributed by atoms with van der Waals surface area (Å²) >= 11 is 0. The number of hydrogen-bond acceptors (Lipinski definition) is 2. The Morgan fingerprint density at radius 3 is 2.25 bits per heavy atom. The molecule has 0 unspecified atom stereocenters. The molecular weight excluding hydrogens is 198 g/mol. The van der Waals surface area contributed by atoms with Gasteiger partial charge in [-0.15, -0.1) is 0 Å². The monoisotopic (exact) mass is 225 g/mol. The van der Waals surface area contributed by atoms with Gasteiger partial charge in [0.05, 0.1) is 0 Å². The molecule has 0 bridgehead atoms. The van der Waals surface area contributed by atoms with Crippen molar-refractivity contribution in [1.82, 2.24) is 4.90 Å². The molecule has 0 saturated heterocycles. The average molecular weight is 225 g/mol. The number of carbonyl (C=O) groups is 1. The van der Waals surface area contributed by atoms with Crippen LogP contribution in [0.5, 0.6) is 0 Å². The highest BCUT2D eigenvalue weighted by Gasteiger charge is 2.28. The van der Waals surface area contributed by atoms with Gasteiger partial charge in [0.2, 0.25) is 0 Å². The van der Waals surface area contributed by atoms with E-state index in [1.807, 2.05) is 0 Å². The molecule has 94 valence electrons. The molecule has 0 amide bonds. The zero-order valence-corrected chi connectivity index (χ0v) is 11.2. The van der Waals surface area contributed by atoms with Gasteiger partial charge in [0.25, 0.3) is 0 Å². The van der Waals surface area contributed by atoms with Crippen LogP contribution < -0.4 is 0 Å². The molecule has 1 saturated carbocycles. The lowest BCUT2D eigenvalue weighted by Gasteiger charge is -2.31. The summed E-state index contributed by atoms with van der Waals surface area (Å²) in [5.41, 5.74) is -0.104. The van der Waals surface area contributed by atoms with Crippen molar-refractivity contribution in [3.8, 4) is 0 Å². The molecule has 0 heterocycles. The minimum atomic E-state index is -0.104. The van der Waals surface area contributed by atoms with Crippen molar-refractivity contribution in [2.45, 2.75) is 52.4 Å². The van der Waals surface area contributed by atoms with Gasteiger partial charge in [-0.05, 0) is 38.6 Å². The first-order chi connectivity index (χ1) is 7.65. The van der Waals surface area contributed by atoms with E-state index in [2.05, 4.69) is 25.8 Å². The Kier molecular flexibility index (Phi) is 5.47. The lowest BCUT2D eigenvalue weighted by molar-refractivity contribution is -0.117. The third-order valence-electron chi connectivity index (χ3n) is 4.29. The number of carbonyl (C=O) groups excluding carboxylic acids is 1. The zero-order valence-electron chi connectivity index (χ0n) is 11.2. The summed E-state index contributed by atoms with van der Waals surface area (Å²) in [7, 11) is 2.17. The molecule has 1 aliphatic rings. The van der Waals surface area contributed by atoms with Crippen molar-refractivity contribution in [1.29, 1.82) is 0 Å². The standard InChI is InChI=1S/C14H27NO/c1-4-14(5-2,12-16)11-15(3)10-13-8-6-7-9-13/h12-13H,4-11H2,1-3H3. The Morgan fingerprint density at radius 2 is 1.81 bits per heavy atom. The van der Waals surface area contributed by atoms with E-state index >= 15 is 0 Å². The van der Waals surface area contributed by atoms with Crippen LogP contribution >= 0.6 is 0 Å². The summed E-state index contributed by atoms with van der Waals surface area (Å²) in [5, 5.41) is 0. The topological polar surface area (TPSA) is 20.3 Å². The minimum absolute atomic E-state index is 0.104. The molecule has 0 aliphatic heterocycles. The van der Waals surface area contributed by atoms with Crippen LogP contribution in [0, 0.1) is 11.3 Å². The van der Waals surface area contributed by atoms with Gasteiger partial charge in [-0.3, -0.25) is 0 Å². The molecule has 16 heavy (non-hydrogen) atoms. The maximum Gasteiger partial charge on any atom is 0.127 e. The Bertz CT molecular complexity index is 205. The summed E-state index contributed by atoms with van der Waals surface area (Å²) < 4.78 is 0. The highest BCUT2D eigenvalue weighted by molar-refractivity contribution is 5.59. The third kappa shape index (κ3) is 3.58. The number of rotatable bonds is 7. The summed E-state index contributed by atoms with van der Waals surface area (Å²) in [5.74, 6) is 0.878. The first-order valence-corrected chi connectivity index (χ1v) is 6.80. The maximum absolute atomic E-state index is 11.2. The fraction of sp³-hybridized carbons (Fsp3) is 0.929. The van der Waals surface area contributed by atoms with Crippen LogP contribution in [0.2, 0.25) is 0 Å². The highest BCUT2D eigenvalue weighted by atomic mass is 16.1. The van der Waals surface area contributed by atoms with E-state index in [0.717, 1.165) is 25.3 Å². The fourth-order valence-corrected chi connectivity index (χ4v) is 2.91. The molecule has 0 atom stereocenters. The van der Waals surface area contributed by atoms with Crippen molar-refractivity contribution >= 4 is 6.29 Å². The molecule has 1 fully saturated rings. The van der Waals surface area contributed by atoms with E-state index in [9.17, 15) is 4.79 Å². The predicted molar refractivity (Wildman–Crippen MR) is 68.5 cm³/mol. The van der Waals surface area contributed by atoms with Gasteiger partial charge in [-0.1, -0.05) is 26.7 Å². The molecule has 0 radical (unpaired) electrons. The molecule has 0 aromatic heterocycles. The van der Waals surface area contributed by atoms with Crippen molar-refractivity contribution in [2.24, 2.45) is 11.3 Å². The van der Waals surface area contributed by atoms with Crippen LogP contribution in [0.25, 0.3) is 0 Å². The van der Waals surface area contributed by atoms with Gasteiger partial charge in [0.1, 0.15) is 6.29 Å². The average Bonchev–Trinajstić information content (AvgIpc) is 2.79. The van der Waals surface area contributed by atoms with Crippen molar-refractivity contribution in [3.63, 3.8) is 0 Å². The summed E-state index contributed by atoms with van der Waals surface area (Å²) in [6.45, 7) is 6.36. The molecular formula is C14H27NO. The first-order valence-electron chi connectivity index (χ1n) is 6.80. The summed E-state index contributed by atoms with van der Waals surface area (Å²) in [6, 6.07) is 0. The third-order valence-corrected chi connectivity index (χ3v) is 4.29. The van der Waals surface area contributed by atoms with E-state index < -0.39 is 0 Å². The smallest absolute Gasteiger partial charge is 0.127 e. The molecule has 2 heteroatoms. The number of hydrogen-bond donors (Lipinski definition) is 0. The maximum atomic E-state index is 11.2. The van der Waals surface area contributed by atoms with Gasteiger partial charge in [0.15, 0.2) is 0 Å². The van der Waals surface area contributed by atoms with Gasteiger partial charge >= 0.3 is 0 Å². The summed E-state index contributed by atoms with van der Waals surface area (Å²) in [4.78, 5) is 13.6. The van der Waals surface area contributed by atoms with E-state index in [-0.39, 0.29) is 5.41 Å². The SMILES string of the molecule is CCC(C=O)(CC)CN(C)CC1CCCC1. The fourth-order valence-electron chi connectivity index (χ4n) is 2.91. The van der Waals surface area contributed by atoms with Crippen LogP contribution in [-0.2, 0) is 4.79 Å². The number of aldehydes is 1. The molecule has 0 N–H and O–H groups in total. The minimum Gasteiger partial charge on any atom is -0.305 e. The molecule has 2 nitrogen and oxygen atoms in total. The first kappa shape index (κ1) is 13.7. The van der Waals surface area contributed by atoms with Gasteiger partial charge in [-0.2, -0.15) is 0 Å². The van der Waals surface area contributed by atoms with E-state index in [1.54, 1.807) is 0 Å². The van der Waals surface area contributed by atoms with Crippen LogP contribution in [0.4, 0.5) is 0 Å². The van der Waals surface area contributed by atoms with E-state index in [0.29, 0.717) is 0 Å². The Balaban J connectivity index is 2.41. The van der Waals surface area contributed by atoms with Gasteiger partial charge < -0.3 is 9.69 Å². The molecule has 0 aromatic rings. The van der Waals surface area contributed by atoms with Crippen LogP contribution in [0.3, 0.4) is 0 Å². The Morgan fingerprint density at radius 1 is 1.25 bits per heavy atom. The van der Waals surface area contributed by atoms with Gasteiger partial charge in [0, 0.05) is 18.5 Å². The largest absolute Gasteiger partial charge is 0.305 e. The molecule has 1 aliphatic carbocycles. The number of nitrogens with zero attached hydrogens (tertiary/aromatic N) is 1. The predicted octanol–water partition coefficient (Wildman–Crippen LogP) is 3.11. The van der Waals surface area contributed by atoms with Crippen molar-refractivity contribution < 1.29 is 4.79 Å². The van der Waals surface area contributed by atoms with Gasteiger partial charge in [-0.25, -0.2) is 0 Å². The lowest BCUT2D eigenvalue weighted by Crippen LogP contribution is -2.38. The van der Waals surface area contributed by atoms with Crippen LogP contribution in [0.15, 0.2) is 0 Å². The lowest BCUT2D eigenvalue weighted by atomic mass is 9.83. The van der Waals surface area contributed by atoms with E-state index in [1.165, 1.54) is 38.5 Å². The summed E-state index contributed by atoms with van der Waals surface area (Å²) in [6.07, 6.45) is 8.67. The second-order valence-electron chi connectivity index (χ2n) is 5.53. The van der Waals surface area contributed by atoms with Crippen LogP contribution in [0.1, 0.15) is 52.4 Å². The Hall–Kier alpha value is -0.370. The molecule has 0 spiro atoms. The zero-order chi connectivity index (χ0) is 12.0. The normalized spacial score (nSPS) is 18.2. The highest BCUT2D eigenvalue weighted by Crippen LogP contribution is 2.28. The van der Waals surface area contributed by atoms with Crippen LogP contribution in [-0.4, -0.2) is 31.3 Å². The quantitative estimate of drug-likeness (QED) is 0.620. The second-order valence-corrected chi connectivity index (χ2v) is 5.53. The Labute approximate surface area is 100 Å². The second kappa shape index (κ2) is 6.39. The van der Waals surface area contributed by atoms with E-state index in [4.69, 9.17) is 0 Å². The molecule has 1 rings (SSSR count). The van der Waals surface area contributed by atoms with Crippen molar-refractivity contribution in [3.05, 3.63) is 0 Å². The van der Waals surface area contributed by atoms with Crippen molar-refractivity contribution in [2.75, 3.05) is 20.1 Å². The molecule has 0 aromatic carbocycles.